The average Bonchev–Trinajstić information content (AvgIpc) is 2.68. The van der Waals surface area contributed by atoms with Gasteiger partial charge in [-0.25, -0.2) is 0 Å². The molecule has 3 rings (SSSR count). The fourth-order valence-corrected chi connectivity index (χ4v) is 3.18. The van der Waals surface area contributed by atoms with Crippen molar-refractivity contribution in [3.63, 3.8) is 0 Å². The molecule has 0 aliphatic carbocycles. The molecule has 0 bridgehead atoms. The minimum atomic E-state index is -4.50. The maximum absolute atomic E-state index is 13.0. The van der Waals surface area contributed by atoms with E-state index in [9.17, 15) is 18.0 Å². The molecular formula is C19H21F3N4O2. The zero-order valence-electron chi connectivity index (χ0n) is 15.6. The second-order valence-corrected chi connectivity index (χ2v) is 6.72. The Hall–Kier alpha value is -2.84. The zero-order chi connectivity index (χ0) is 20.3. The molecule has 2 heterocycles. The smallest absolute Gasteiger partial charge is 0.416 e. The number of carbonyl (C=O) groups excluding carboxylic acids is 1. The molecule has 1 aliphatic rings. The summed E-state index contributed by atoms with van der Waals surface area (Å²) in [5.74, 6) is 0.136. The van der Waals surface area contributed by atoms with E-state index in [1.807, 2.05) is 24.0 Å². The van der Waals surface area contributed by atoms with Crippen LogP contribution in [0.1, 0.15) is 24.1 Å². The van der Waals surface area contributed by atoms with Gasteiger partial charge in [-0.05, 0) is 50.1 Å². The third-order valence-corrected chi connectivity index (χ3v) is 4.68. The molecule has 0 saturated carbocycles. The number of aromatic nitrogens is 2. The molecule has 1 saturated heterocycles. The number of piperidine rings is 1. The van der Waals surface area contributed by atoms with E-state index < -0.39 is 11.7 Å². The molecule has 28 heavy (non-hydrogen) atoms. The lowest BCUT2D eigenvalue weighted by atomic mass is 9.97. The molecule has 2 aromatic rings. The molecular weight excluding hydrogens is 373 g/mol. The summed E-state index contributed by atoms with van der Waals surface area (Å²) >= 11 is 0. The lowest BCUT2D eigenvalue weighted by molar-refractivity contribution is -0.137. The van der Waals surface area contributed by atoms with Crippen LogP contribution in [0.25, 0.3) is 0 Å². The molecule has 1 aromatic heterocycles. The van der Waals surface area contributed by atoms with E-state index in [1.165, 1.54) is 13.2 Å². The van der Waals surface area contributed by atoms with Crippen LogP contribution in [0.3, 0.4) is 0 Å². The summed E-state index contributed by atoms with van der Waals surface area (Å²) in [6.07, 6.45) is -3.09. The average molecular weight is 394 g/mol. The van der Waals surface area contributed by atoms with Crippen molar-refractivity contribution in [2.75, 3.05) is 30.4 Å². The molecule has 1 aromatic carbocycles. The predicted molar refractivity (Wildman–Crippen MR) is 98.3 cm³/mol. The first kappa shape index (κ1) is 19.9. The number of methoxy groups -OCH3 is 1. The van der Waals surface area contributed by atoms with E-state index >= 15 is 0 Å². The Morgan fingerprint density at radius 3 is 2.68 bits per heavy atom. The molecule has 1 aliphatic heterocycles. The SMILES string of the molecule is COc1ccc(C(F)(F)F)cc1NC(=O)C1CCCN(c2ccc(C)nn2)C1. The first-order valence-electron chi connectivity index (χ1n) is 8.89. The topological polar surface area (TPSA) is 67.3 Å². The van der Waals surface area contributed by atoms with Crippen LogP contribution >= 0.6 is 0 Å². The second kappa shape index (κ2) is 8.04. The van der Waals surface area contributed by atoms with Crippen molar-refractivity contribution in [1.29, 1.82) is 0 Å². The standard InChI is InChI=1S/C19H21F3N4O2/c1-12-5-8-17(25-24-12)26-9-3-4-13(11-26)18(27)23-15-10-14(19(20,21)22)6-7-16(15)28-2/h5-8,10,13H,3-4,9,11H2,1-2H3,(H,23,27). The van der Waals surface area contributed by atoms with Crippen molar-refractivity contribution in [2.45, 2.75) is 25.9 Å². The van der Waals surface area contributed by atoms with Crippen LogP contribution in [0.4, 0.5) is 24.7 Å². The number of nitrogens with zero attached hydrogens (tertiary/aromatic N) is 3. The number of hydrogen-bond donors (Lipinski definition) is 1. The fourth-order valence-electron chi connectivity index (χ4n) is 3.18. The fraction of sp³-hybridized carbons (Fsp3) is 0.421. The lowest BCUT2D eigenvalue weighted by Crippen LogP contribution is -2.41. The van der Waals surface area contributed by atoms with E-state index in [0.29, 0.717) is 18.8 Å². The van der Waals surface area contributed by atoms with Crippen molar-refractivity contribution in [1.82, 2.24) is 10.2 Å². The Labute approximate surface area is 160 Å². The Bertz CT molecular complexity index is 840. The van der Waals surface area contributed by atoms with E-state index in [0.717, 1.165) is 30.8 Å². The molecule has 1 atom stereocenters. The number of aryl methyl sites for hydroxylation is 1. The predicted octanol–water partition coefficient (Wildman–Crippen LogP) is 3.67. The van der Waals surface area contributed by atoms with Gasteiger partial charge >= 0.3 is 6.18 Å². The Kier molecular flexibility index (Phi) is 5.71. The van der Waals surface area contributed by atoms with Gasteiger partial charge in [-0.1, -0.05) is 0 Å². The van der Waals surface area contributed by atoms with Crippen LogP contribution < -0.4 is 15.0 Å². The van der Waals surface area contributed by atoms with Crippen molar-refractivity contribution in [2.24, 2.45) is 5.92 Å². The Balaban J connectivity index is 1.74. The number of hydrogen-bond acceptors (Lipinski definition) is 5. The highest BCUT2D eigenvalue weighted by atomic mass is 19.4. The quantitative estimate of drug-likeness (QED) is 0.857. The van der Waals surface area contributed by atoms with Crippen molar-refractivity contribution < 1.29 is 22.7 Å². The monoisotopic (exact) mass is 394 g/mol. The number of anilines is 2. The highest BCUT2D eigenvalue weighted by Crippen LogP contribution is 2.35. The third-order valence-electron chi connectivity index (χ3n) is 4.68. The van der Waals surface area contributed by atoms with Gasteiger partial charge in [0.2, 0.25) is 5.91 Å². The van der Waals surface area contributed by atoms with E-state index in [-0.39, 0.29) is 23.3 Å². The summed E-state index contributed by atoms with van der Waals surface area (Å²) in [6.45, 7) is 3.00. The first-order chi connectivity index (χ1) is 13.3. The van der Waals surface area contributed by atoms with Crippen LogP contribution in [0.2, 0.25) is 0 Å². The highest BCUT2D eigenvalue weighted by Gasteiger charge is 2.32. The number of ether oxygens (including phenoxy) is 1. The number of benzene rings is 1. The number of halogens is 3. The molecule has 9 heteroatoms. The molecule has 1 N–H and O–H groups in total. The van der Waals surface area contributed by atoms with Gasteiger partial charge in [-0.3, -0.25) is 4.79 Å². The zero-order valence-corrected chi connectivity index (χ0v) is 15.6. The Morgan fingerprint density at radius 1 is 1.25 bits per heavy atom. The molecule has 0 spiro atoms. The van der Waals surface area contributed by atoms with Gasteiger partial charge < -0.3 is 15.0 Å². The summed E-state index contributed by atoms with van der Waals surface area (Å²) in [5.41, 5.74) is -0.0370. The normalized spacial score (nSPS) is 17.3. The third kappa shape index (κ3) is 4.52. The van der Waals surface area contributed by atoms with Crippen LogP contribution in [0.5, 0.6) is 5.75 Å². The summed E-state index contributed by atoms with van der Waals surface area (Å²) < 4.78 is 44.1. The van der Waals surface area contributed by atoms with Gasteiger partial charge in [-0.15, -0.1) is 5.10 Å². The van der Waals surface area contributed by atoms with Crippen molar-refractivity contribution in [3.8, 4) is 5.75 Å². The Morgan fingerprint density at radius 2 is 2.04 bits per heavy atom. The van der Waals surface area contributed by atoms with Crippen LogP contribution in [-0.2, 0) is 11.0 Å². The summed E-state index contributed by atoms with van der Waals surface area (Å²) in [6, 6.07) is 6.71. The largest absolute Gasteiger partial charge is 0.495 e. The first-order valence-corrected chi connectivity index (χ1v) is 8.89. The molecule has 1 amide bonds. The number of amides is 1. The van der Waals surface area contributed by atoms with E-state index in [4.69, 9.17) is 4.74 Å². The highest BCUT2D eigenvalue weighted by molar-refractivity contribution is 5.94. The minimum absolute atomic E-state index is 0.00887. The van der Waals surface area contributed by atoms with E-state index in [1.54, 1.807) is 0 Å². The van der Waals surface area contributed by atoms with Crippen LogP contribution in [-0.4, -0.2) is 36.3 Å². The van der Waals surface area contributed by atoms with Crippen LogP contribution in [0.15, 0.2) is 30.3 Å². The second-order valence-electron chi connectivity index (χ2n) is 6.72. The van der Waals surface area contributed by atoms with Crippen LogP contribution in [0, 0.1) is 12.8 Å². The van der Waals surface area contributed by atoms with Crippen molar-refractivity contribution in [3.05, 3.63) is 41.6 Å². The molecule has 6 nitrogen and oxygen atoms in total. The minimum Gasteiger partial charge on any atom is -0.495 e. The maximum atomic E-state index is 13.0. The van der Waals surface area contributed by atoms with Gasteiger partial charge in [0, 0.05) is 13.1 Å². The summed E-state index contributed by atoms with van der Waals surface area (Å²) in [7, 11) is 1.34. The number of rotatable bonds is 4. The maximum Gasteiger partial charge on any atom is 0.416 e. The molecule has 0 radical (unpaired) electrons. The van der Waals surface area contributed by atoms with Gasteiger partial charge in [-0.2, -0.15) is 18.3 Å². The molecule has 1 fully saturated rings. The van der Waals surface area contributed by atoms with Gasteiger partial charge in [0.25, 0.3) is 0 Å². The number of carbonyl (C=O) groups is 1. The van der Waals surface area contributed by atoms with Gasteiger partial charge in [0.05, 0.1) is 30.0 Å². The van der Waals surface area contributed by atoms with Gasteiger partial charge in [0.15, 0.2) is 5.82 Å². The molecule has 150 valence electrons. The summed E-state index contributed by atoms with van der Waals surface area (Å²) in [4.78, 5) is 14.7. The molecule has 1 unspecified atom stereocenters. The number of nitrogens with one attached hydrogen (secondary N) is 1. The van der Waals surface area contributed by atoms with Gasteiger partial charge in [0.1, 0.15) is 5.75 Å². The van der Waals surface area contributed by atoms with E-state index in [2.05, 4.69) is 15.5 Å². The summed E-state index contributed by atoms with van der Waals surface area (Å²) in [5, 5.41) is 10.8. The number of alkyl halides is 3. The van der Waals surface area contributed by atoms with Crippen molar-refractivity contribution >= 4 is 17.4 Å². The lowest BCUT2D eigenvalue weighted by Gasteiger charge is -2.32.